The SMILES string of the molecule is CCN(CC)CC.CCOC(=O)CN(Cc1cccc(CN2CCCC2)c1)c1nc(CS)nc(N)c1[N+](=O)[O-].CCOC(=O)CNCc1cccc(CN2CCCC2)c1.Nc1nc(CS)nc(Cl)c1[N+](=O)[O-]. The van der Waals surface area contributed by atoms with Gasteiger partial charge in [0.25, 0.3) is 0 Å². The minimum Gasteiger partial charge on any atom is -0.465 e. The highest BCUT2D eigenvalue weighted by Crippen LogP contribution is 2.32. The van der Waals surface area contributed by atoms with Crippen LogP contribution < -0.4 is 21.7 Å². The molecule has 0 atom stereocenters. The number of ether oxygens (including phenoxy) is 2. The number of rotatable bonds is 22. The number of thiol groups is 2. The van der Waals surface area contributed by atoms with E-state index in [-0.39, 0.29) is 78.0 Å². The van der Waals surface area contributed by atoms with E-state index in [0.717, 1.165) is 37.3 Å². The molecule has 6 rings (SSSR count). The third-order valence-corrected chi connectivity index (χ3v) is 12.1. The number of nitrogens with zero attached hydrogens (tertiary/aromatic N) is 10. The van der Waals surface area contributed by atoms with Gasteiger partial charge in [-0.2, -0.15) is 25.3 Å². The third kappa shape index (κ3) is 21.3. The maximum atomic E-state index is 12.3. The smallest absolute Gasteiger partial charge is 0.353 e. The van der Waals surface area contributed by atoms with E-state index < -0.39 is 27.2 Å². The lowest BCUT2D eigenvalue weighted by Crippen LogP contribution is -2.32. The summed E-state index contributed by atoms with van der Waals surface area (Å²) in [5.74, 6) is -0.366. The Hall–Kier alpha value is -5.43. The molecule has 2 aliphatic rings. The Balaban J connectivity index is 0.000000290. The second-order valence-electron chi connectivity index (χ2n) is 16.5. The zero-order chi connectivity index (χ0) is 53.0. The van der Waals surface area contributed by atoms with Crippen LogP contribution in [0.3, 0.4) is 0 Å². The lowest BCUT2D eigenvalue weighted by Gasteiger charge is -2.24. The minimum atomic E-state index is -0.722. The molecule has 0 aliphatic carbocycles. The Labute approximate surface area is 438 Å². The van der Waals surface area contributed by atoms with Crippen LogP contribution in [0.1, 0.15) is 94.2 Å². The summed E-state index contributed by atoms with van der Waals surface area (Å²) in [4.78, 5) is 68.6. The minimum absolute atomic E-state index is 0.0236. The zero-order valence-electron chi connectivity index (χ0n) is 42.1. The van der Waals surface area contributed by atoms with E-state index in [1.165, 1.54) is 74.4 Å². The number of nitrogens with one attached hydrogen (secondary N) is 1. The molecule has 4 aromatic rings. The largest absolute Gasteiger partial charge is 0.465 e. The Kier molecular flexibility index (Phi) is 28.2. The Bertz CT molecular complexity index is 2300. The molecule has 0 bridgehead atoms. The van der Waals surface area contributed by atoms with Gasteiger partial charge in [-0.25, -0.2) is 19.9 Å². The van der Waals surface area contributed by atoms with Crippen molar-refractivity contribution in [3.05, 3.63) is 108 Å². The van der Waals surface area contributed by atoms with Gasteiger partial charge in [-0.05, 0) is 108 Å². The summed E-state index contributed by atoms with van der Waals surface area (Å²) >= 11 is 13.5. The summed E-state index contributed by atoms with van der Waals surface area (Å²) < 4.78 is 9.97. The van der Waals surface area contributed by atoms with E-state index in [9.17, 15) is 29.8 Å². The fraction of sp³-hybridized carbons (Fsp3) is 0.542. The van der Waals surface area contributed by atoms with E-state index in [4.69, 9.17) is 32.5 Å². The van der Waals surface area contributed by atoms with Gasteiger partial charge in [-0.15, -0.1) is 0 Å². The van der Waals surface area contributed by atoms with Crippen LogP contribution >= 0.6 is 36.9 Å². The lowest BCUT2D eigenvalue weighted by atomic mass is 10.1. The first-order valence-corrected chi connectivity index (χ1v) is 25.8. The fourth-order valence-corrected chi connectivity index (χ4v) is 8.29. The molecule has 5 N–H and O–H groups in total. The average Bonchev–Trinajstić information content (AvgIpc) is 4.07. The molecule has 0 amide bonds. The number of anilines is 3. The maximum Gasteiger partial charge on any atom is 0.353 e. The number of likely N-dealkylation sites (tertiary alicyclic amines) is 2. The van der Waals surface area contributed by atoms with E-state index >= 15 is 0 Å². The number of nitro groups is 2. The van der Waals surface area contributed by atoms with Crippen LogP contribution in [0.25, 0.3) is 0 Å². The number of halogens is 1. The summed E-state index contributed by atoms with van der Waals surface area (Å²) in [6, 6.07) is 16.5. The average molecular weight is 1060 g/mol. The molecule has 0 spiro atoms. The number of nitrogens with two attached hydrogens (primary N) is 2. The van der Waals surface area contributed by atoms with Gasteiger partial charge in [0.1, 0.15) is 18.2 Å². The Morgan fingerprint density at radius 2 is 1.17 bits per heavy atom. The Morgan fingerprint density at radius 3 is 1.62 bits per heavy atom. The van der Waals surface area contributed by atoms with Gasteiger partial charge in [0.2, 0.25) is 22.6 Å². The standard InChI is InChI=1S/C21H28N6O4S.C16H24N2O2.C6H15N.C5H5ClN4O2S/c1-2-31-18(28)13-26(21-19(27(29)30)20(22)23-17(14-32)24-21)12-16-7-5-6-15(10-16)11-25-8-3-4-9-25;1-2-20-16(19)12-17-11-14-6-5-7-15(10-14)13-18-8-3-4-9-18;1-4-7(5-2)6-3;6-4-3(10(11)12)5(7)9-2(1-13)8-4/h5-7,10,32H,2-4,8-9,11-14H2,1H3,(H2,22,23,24);5-7,10,17H,2-4,8-9,11-13H2,1H3;4-6H2,1-3H3;13H,1H2,(H2,7,8,9). The van der Waals surface area contributed by atoms with Crippen molar-refractivity contribution in [2.24, 2.45) is 0 Å². The number of aromatic nitrogens is 4. The third-order valence-electron chi connectivity index (χ3n) is 11.2. The number of esters is 2. The second kappa shape index (κ2) is 33.3. The van der Waals surface area contributed by atoms with Crippen molar-refractivity contribution in [2.45, 2.75) is 98.0 Å². The molecule has 72 heavy (non-hydrogen) atoms. The Morgan fingerprint density at radius 1 is 0.708 bits per heavy atom. The normalized spacial score (nSPS) is 13.2. The summed E-state index contributed by atoms with van der Waals surface area (Å²) in [7, 11) is 0. The van der Waals surface area contributed by atoms with E-state index in [1.807, 2.05) is 25.1 Å². The first-order chi connectivity index (χ1) is 34.6. The lowest BCUT2D eigenvalue weighted by molar-refractivity contribution is -0.384. The van der Waals surface area contributed by atoms with Crippen LogP contribution in [0, 0.1) is 20.2 Å². The topological polar surface area (TPSA) is 267 Å². The van der Waals surface area contributed by atoms with Crippen LogP contribution in [-0.2, 0) is 56.7 Å². The number of hydrogen-bond donors (Lipinski definition) is 5. The summed E-state index contributed by atoms with van der Waals surface area (Å²) in [5.41, 5.74) is 14.8. The molecule has 2 fully saturated rings. The first kappa shape index (κ1) is 60.9. The van der Waals surface area contributed by atoms with Gasteiger partial charge in [-0.1, -0.05) is 80.9 Å². The summed E-state index contributed by atoms with van der Waals surface area (Å²) in [6.07, 6.45) is 5.06. The van der Waals surface area contributed by atoms with Gasteiger partial charge in [0.15, 0.2) is 0 Å². The van der Waals surface area contributed by atoms with Crippen LogP contribution in [0.15, 0.2) is 48.5 Å². The van der Waals surface area contributed by atoms with E-state index in [1.54, 1.807) is 6.92 Å². The number of benzene rings is 2. The number of hydrogen-bond acceptors (Lipinski definition) is 21. The molecule has 2 aromatic heterocycles. The quantitative estimate of drug-likeness (QED) is 0.0176. The molecule has 2 aromatic carbocycles. The molecule has 21 nitrogen and oxygen atoms in total. The number of carbonyl (C=O) groups excluding carboxylic acids is 2. The molecule has 2 saturated heterocycles. The van der Waals surface area contributed by atoms with E-state index in [0.29, 0.717) is 13.2 Å². The molecular formula is C48H72ClN13O8S2. The summed E-state index contributed by atoms with van der Waals surface area (Å²) in [6.45, 7) is 21.7. The number of carbonyl (C=O) groups is 2. The molecule has 4 heterocycles. The zero-order valence-corrected chi connectivity index (χ0v) is 44.7. The van der Waals surface area contributed by atoms with Gasteiger partial charge >= 0.3 is 23.3 Å². The predicted octanol–water partition coefficient (Wildman–Crippen LogP) is 6.90. The number of nitrogen functional groups attached to an aromatic ring is 2. The first-order valence-electron chi connectivity index (χ1n) is 24.2. The second-order valence-corrected chi connectivity index (χ2v) is 17.5. The van der Waals surface area contributed by atoms with Crippen molar-refractivity contribution < 1.29 is 28.9 Å². The van der Waals surface area contributed by atoms with Crippen molar-refractivity contribution in [3.8, 4) is 0 Å². The van der Waals surface area contributed by atoms with Gasteiger partial charge < -0.3 is 36.1 Å². The van der Waals surface area contributed by atoms with Crippen molar-refractivity contribution >= 4 is 77.6 Å². The van der Waals surface area contributed by atoms with Crippen molar-refractivity contribution in [1.82, 2.24) is 40.0 Å². The highest BCUT2D eigenvalue weighted by molar-refractivity contribution is 7.79. The van der Waals surface area contributed by atoms with Gasteiger partial charge in [0.05, 0.1) is 41.1 Å². The van der Waals surface area contributed by atoms with Crippen LogP contribution in [0.5, 0.6) is 0 Å². The maximum absolute atomic E-state index is 12.3. The molecular weight excluding hydrogens is 986 g/mol. The van der Waals surface area contributed by atoms with Crippen molar-refractivity contribution in [1.29, 1.82) is 0 Å². The highest BCUT2D eigenvalue weighted by atomic mass is 35.5. The van der Waals surface area contributed by atoms with Crippen LogP contribution in [0.4, 0.5) is 28.8 Å². The molecule has 396 valence electrons. The predicted molar refractivity (Wildman–Crippen MR) is 288 cm³/mol. The monoisotopic (exact) mass is 1060 g/mol. The molecule has 24 heteroatoms. The van der Waals surface area contributed by atoms with Crippen molar-refractivity contribution in [2.75, 3.05) is 88.5 Å². The van der Waals surface area contributed by atoms with Gasteiger partial charge in [-0.3, -0.25) is 39.6 Å². The summed E-state index contributed by atoms with van der Waals surface area (Å²) in [5, 5.41) is 25.0. The van der Waals surface area contributed by atoms with Crippen molar-refractivity contribution in [3.63, 3.8) is 0 Å². The molecule has 0 saturated carbocycles. The van der Waals surface area contributed by atoms with E-state index in [2.05, 4.69) is 116 Å². The molecule has 2 aliphatic heterocycles. The van der Waals surface area contributed by atoms with Crippen LogP contribution in [-0.4, -0.2) is 129 Å². The fourth-order valence-electron chi connectivity index (χ4n) is 7.74. The highest BCUT2D eigenvalue weighted by Gasteiger charge is 2.29. The van der Waals surface area contributed by atoms with Crippen LogP contribution in [0.2, 0.25) is 5.15 Å². The van der Waals surface area contributed by atoms with Gasteiger partial charge in [0, 0.05) is 26.2 Å². The molecule has 0 radical (unpaired) electrons. The molecule has 0 unspecified atom stereocenters.